The van der Waals surface area contributed by atoms with Gasteiger partial charge in [-0.1, -0.05) is 31.5 Å². The zero-order valence-electron chi connectivity index (χ0n) is 9.68. The predicted octanol–water partition coefficient (Wildman–Crippen LogP) is 3.12. The highest BCUT2D eigenvalue weighted by atomic mass is 31.1. The molecule has 0 fully saturated rings. The molecule has 1 aromatic rings. The first-order chi connectivity index (χ1) is 7.77. The molecule has 0 aliphatic rings. The quantitative estimate of drug-likeness (QED) is 0.544. The third-order valence-corrected chi connectivity index (χ3v) is 3.31. The largest absolute Gasteiger partial charge is 0.433 e. The van der Waals surface area contributed by atoms with Crippen molar-refractivity contribution in [1.29, 1.82) is 0 Å². The molecule has 1 unspecified atom stereocenters. The van der Waals surface area contributed by atoms with Gasteiger partial charge in [-0.15, -0.1) is 4.83 Å². The highest BCUT2D eigenvalue weighted by Crippen LogP contribution is 2.31. The Labute approximate surface area is 97.0 Å². The predicted molar refractivity (Wildman–Crippen MR) is 64.7 cm³/mol. The molecule has 90 valence electrons. The summed E-state index contributed by atoms with van der Waals surface area (Å²) < 4.78 is 17.1. The summed E-state index contributed by atoms with van der Waals surface area (Å²) in [5.74, 6) is 0.602. The average molecular weight is 243 g/mol. The highest BCUT2D eigenvalue weighted by Gasteiger charge is 2.12. The third-order valence-electron chi connectivity index (χ3n) is 2.09. The van der Waals surface area contributed by atoms with Crippen molar-refractivity contribution in [3.8, 4) is 5.75 Å². The molecular formula is C11H18NO3P. The number of para-hydroxylation sites is 1. The first-order valence-electron chi connectivity index (χ1n) is 5.36. The highest BCUT2D eigenvalue weighted by molar-refractivity contribution is 7.36. The van der Waals surface area contributed by atoms with E-state index in [2.05, 4.69) is 6.92 Å². The van der Waals surface area contributed by atoms with Crippen LogP contribution in [0.15, 0.2) is 30.3 Å². The molecule has 0 N–H and O–H groups in total. The lowest BCUT2D eigenvalue weighted by molar-refractivity contribution is -0.0547. The minimum absolute atomic E-state index is 0.602. The van der Waals surface area contributed by atoms with Crippen molar-refractivity contribution in [2.75, 3.05) is 13.7 Å². The van der Waals surface area contributed by atoms with Gasteiger partial charge < -0.3 is 4.52 Å². The molecule has 5 heteroatoms. The number of rotatable bonds is 7. The Balaban J connectivity index is 2.49. The van der Waals surface area contributed by atoms with Gasteiger partial charge >= 0.3 is 8.18 Å². The van der Waals surface area contributed by atoms with Crippen molar-refractivity contribution in [3.05, 3.63) is 30.3 Å². The molecule has 0 amide bonds. The number of nitrogens with zero attached hydrogens (tertiary/aromatic N) is 1. The van der Waals surface area contributed by atoms with Crippen molar-refractivity contribution in [2.45, 2.75) is 19.8 Å². The van der Waals surface area contributed by atoms with Crippen molar-refractivity contribution in [3.63, 3.8) is 0 Å². The zero-order valence-corrected chi connectivity index (χ0v) is 10.7. The normalized spacial score (nSPS) is 12.7. The monoisotopic (exact) mass is 243 g/mol. The van der Waals surface area contributed by atoms with Gasteiger partial charge in [-0.05, 0) is 18.6 Å². The molecule has 0 aromatic heterocycles. The molecule has 0 heterocycles. The van der Waals surface area contributed by atoms with Gasteiger partial charge in [0.05, 0.1) is 7.11 Å². The Bertz CT molecular complexity index is 318. The van der Waals surface area contributed by atoms with Gasteiger partial charge in [0.1, 0.15) is 5.75 Å². The minimum atomic E-state index is -2.34. The standard InChI is InChI=1S/C11H18NO3P/c1-3-4-10-12(14-2)16(13)15-11-8-6-5-7-9-11/h5-9,16H,3-4,10H2,1-2H3. The molecule has 16 heavy (non-hydrogen) atoms. The molecule has 0 saturated heterocycles. The number of unbranched alkanes of at least 4 members (excludes halogenated alkanes) is 1. The van der Waals surface area contributed by atoms with Gasteiger partial charge in [-0.25, -0.2) is 0 Å². The third kappa shape index (κ3) is 4.35. The maximum atomic E-state index is 11.8. The molecule has 1 aromatic carbocycles. The van der Waals surface area contributed by atoms with Crippen LogP contribution in [0.5, 0.6) is 5.75 Å². The summed E-state index contributed by atoms with van der Waals surface area (Å²) in [6, 6.07) is 9.11. The van der Waals surface area contributed by atoms with E-state index in [4.69, 9.17) is 9.36 Å². The van der Waals surface area contributed by atoms with Gasteiger partial charge in [-0.2, -0.15) is 0 Å². The van der Waals surface area contributed by atoms with E-state index >= 15 is 0 Å². The van der Waals surface area contributed by atoms with Gasteiger partial charge in [0.25, 0.3) is 0 Å². The van der Waals surface area contributed by atoms with E-state index in [1.54, 1.807) is 12.1 Å². The van der Waals surface area contributed by atoms with Crippen molar-refractivity contribution in [2.24, 2.45) is 0 Å². The van der Waals surface area contributed by atoms with Gasteiger partial charge in [0.15, 0.2) is 0 Å². The SMILES string of the molecule is CCCCN(OC)[PH](=O)Oc1ccccc1. The minimum Gasteiger partial charge on any atom is -0.433 e. The molecule has 0 aliphatic carbocycles. The molecule has 1 atom stereocenters. The Morgan fingerprint density at radius 1 is 1.31 bits per heavy atom. The lowest BCUT2D eigenvalue weighted by atomic mass is 10.3. The fraction of sp³-hybridized carbons (Fsp3) is 0.455. The van der Waals surface area contributed by atoms with E-state index in [0.29, 0.717) is 12.3 Å². The molecule has 0 radical (unpaired) electrons. The first-order valence-corrected chi connectivity index (χ1v) is 6.62. The second-order valence-electron chi connectivity index (χ2n) is 3.32. The number of hydrogen-bond donors (Lipinski definition) is 0. The maximum Gasteiger partial charge on any atom is 0.330 e. The van der Waals surface area contributed by atoms with Crippen LogP contribution in [-0.2, 0) is 9.40 Å². The van der Waals surface area contributed by atoms with Crippen LogP contribution in [-0.4, -0.2) is 18.5 Å². The number of hydroxylamine groups is 1. The lowest BCUT2D eigenvalue weighted by Crippen LogP contribution is -2.17. The fourth-order valence-electron chi connectivity index (χ4n) is 1.20. The van der Waals surface area contributed by atoms with Crippen LogP contribution in [0.4, 0.5) is 0 Å². The molecule has 4 nitrogen and oxygen atoms in total. The van der Waals surface area contributed by atoms with Crippen LogP contribution < -0.4 is 4.52 Å². The van der Waals surface area contributed by atoms with E-state index < -0.39 is 8.18 Å². The Kier molecular flexibility index (Phi) is 6.16. The van der Waals surface area contributed by atoms with Gasteiger partial charge in [0, 0.05) is 6.54 Å². The first kappa shape index (κ1) is 13.2. The Hall–Kier alpha value is -0.830. The van der Waals surface area contributed by atoms with Crippen molar-refractivity contribution >= 4 is 8.18 Å². The smallest absolute Gasteiger partial charge is 0.330 e. The summed E-state index contributed by atoms with van der Waals surface area (Å²) in [6.45, 7) is 2.70. The summed E-state index contributed by atoms with van der Waals surface area (Å²) in [5.41, 5.74) is 0. The molecule has 0 saturated carbocycles. The Morgan fingerprint density at radius 2 is 2.00 bits per heavy atom. The van der Waals surface area contributed by atoms with Crippen molar-refractivity contribution < 1.29 is 13.9 Å². The molecule has 1 rings (SSSR count). The fourth-order valence-corrected chi connectivity index (χ4v) is 2.13. The summed E-state index contributed by atoms with van der Waals surface area (Å²) in [6.07, 6.45) is 1.96. The summed E-state index contributed by atoms with van der Waals surface area (Å²) in [4.78, 5) is 6.43. The number of hydrogen-bond acceptors (Lipinski definition) is 3. The lowest BCUT2D eigenvalue weighted by Gasteiger charge is -2.18. The Morgan fingerprint density at radius 3 is 2.56 bits per heavy atom. The van der Waals surface area contributed by atoms with E-state index in [1.807, 2.05) is 18.2 Å². The van der Waals surface area contributed by atoms with Crippen molar-refractivity contribution in [1.82, 2.24) is 4.83 Å². The van der Waals surface area contributed by atoms with Gasteiger partial charge in [-0.3, -0.25) is 9.40 Å². The van der Waals surface area contributed by atoms with Crippen LogP contribution in [0.2, 0.25) is 0 Å². The second kappa shape index (κ2) is 7.44. The summed E-state index contributed by atoms with van der Waals surface area (Å²) >= 11 is 0. The maximum absolute atomic E-state index is 11.8. The molecule has 0 aliphatic heterocycles. The van der Waals surface area contributed by atoms with E-state index in [1.165, 1.54) is 11.9 Å². The molecule has 0 bridgehead atoms. The number of benzene rings is 1. The van der Waals surface area contributed by atoms with E-state index in [-0.39, 0.29) is 0 Å². The average Bonchev–Trinajstić information content (AvgIpc) is 2.31. The summed E-state index contributed by atoms with van der Waals surface area (Å²) in [7, 11) is -0.836. The summed E-state index contributed by atoms with van der Waals surface area (Å²) in [5, 5.41) is 0. The van der Waals surface area contributed by atoms with Crippen LogP contribution in [0.25, 0.3) is 0 Å². The van der Waals surface area contributed by atoms with Gasteiger partial charge in [0.2, 0.25) is 0 Å². The van der Waals surface area contributed by atoms with E-state index in [9.17, 15) is 4.57 Å². The van der Waals surface area contributed by atoms with Crippen LogP contribution >= 0.6 is 8.18 Å². The van der Waals surface area contributed by atoms with Crippen LogP contribution in [0, 0.1) is 0 Å². The zero-order chi connectivity index (χ0) is 11.8. The molecule has 0 spiro atoms. The topological polar surface area (TPSA) is 38.8 Å². The van der Waals surface area contributed by atoms with E-state index in [0.717, 1.165) is 12.8 Å². The van der Waals surface area contributed by atoms with Crippen LogP contribution in [0.3, 0.4) is 0 Å². The molecular weight excluding hydrogens is 225 g/mol. The van der Waals surface area contributed by atoms with Crippen LogP contribution in [0.1, 0.15) is 19.8 Å². The second-order valence-corrected chi connectivity index (χ2v) is 4.55.